The van der Waals surface area contributed by atoms with Gasteiger partial charge in [0.1, 0.15) is 0 Å². The minimum atomic E-state index is -0.559. The Morgan fingerprint density at radius 2 is 2.31 bits per heavy atom. The van der Waals surface area contributed by atoms with Gasteiger partial charge in [-0.15, -0.1) is 0 Å². The van der Waals surface area contributed by atoms with Crippen molar-refractivity contribution in [2.75, 3.05) is 13.9 Å². The molecule has 4 heteroatoms. The van der Waals surface area contributed by atoms with Gasteiger partial charge in [0, 0.05) is 7.11 Å². The van der Waals surface area contributed by atoms with Crippen LogP contribution in [-0.4, -0.2) is 13.9 Å². The summed E-state index contributed by atoms with van der Waals surface area (Å²) in [6, 6.07) is 5.82. The lowest BCUT2D eigenvalue weighted by atomic mass is 10.2. The molecule has 1 rings (SSSR count). The second-order valence-corrected chi connectivity index (χ2v) is 2.31. The third-order valence-corrected chi connectivity index (χ3v) is 1.39. The Bertz CT molecular complexity index is 333. The first-order valence-electron chi connectivity index (χ1n) is 3.59. The summed E-state index contributed by atoms with van der Waals surface area (Å²) >= 11 is 0. The Kier molecular flexibility index (Phi) is 3.23. The largest absolute Gasteiger partial charge is 0.464 e. The van der Waals surface area contributed by atoms with Crippen molar-refractivity contribution in [2.24, 2.45) is 0 Å². The lowest BCUT2D eigenvalue weighted by molar-refractivity contribution is 0.0483. The van der Waals surface area contributed by atoms with Crippen molar-refractivity contribution < 1.29 is 13.9 Å². The highest BCUT2D eigenvalue weighted by Gasteiger charge is 2.03. The maximum Gasteiger partial charge on any atom is 0.188 e. The maximum absolute atomic E-state index is 13.0. The van der Waals surface area contributed by atoms with Gasteiger partial charge in [-0.1, -0.05) is 0 Å². The van der Waals surface area contributed by atoms with Crippen molar-refractivity contribution in [1.29, 1.82) is 5.26 Å². The molecule has 0 aliphatic heterocycles. The van der Waals surface area contributed by atoms with Crippen molar-refractivity contribution in [3.8, 4) is 11.8 Å². The fourth-order valence-corrected chi connectivity index (χ4v) is 0.810. The molecule has 1 aromatic carbocycles. The fourth-order valence-electron chi connectivity index (χ4n) is 0.810. The highest BCUT2D eigenvalue weighted by molar-refractivity contribution is 5.35. The molecule has 0 atom stereocenters. The van der Waals surface area contributed by atoms with E-state index in [1.54, 1.807) is 0 Å². The van der Waals surface area contributed by atoms with Gasteiger partial charge in [-0.25, -0.2) is 4.39 Å². The first kappa shape index (κ1) is 9.49. The van der Waals surface area contributed by atoms with Crippen LogP contribution >= 0.6 is 0 Å². The van der Waals surface area contributed by atoms with Crippen LogP contribution in [-0.2, 0) is 4.74 Å². The molecule has 0 N–H and O–H groups in total. The predicted molar refractivity (Wildman–Crippen MR) is 43.6 cm³/mol. The van der Waals surface area contributed by atoms with Crippen LogP contribution in [0.5, 0.6) is 5.75 Å². The summed E-state index contributed by atoms with van der Waals surface area (Å²) in [5, 5.41) is 8.45. The Morgan fingerprint density at radius 1 is 1.54 bits per heavy atom. The molecule has 0 spiro atoms. The first-order chi connectivity index (χ1) is 6.27. The number of nitriles is 1. The van der Waals surface area contributed by atoms with E-state index in [1.165, 1.54) is 19.2 Å². The zero-order valence-corrected chi connectivity index (χ0v) is 7.08. The average Bonchev–Trinajstić information content (AvgIpc) is 2.16. The summed E-state index contributed by atoms with van der Waals surface area (Å²) < 4.78 is 22.5. The minimum Gasteiger partial charge on any atom is -0.464 e. The van der Waals surface area contributed by atoms with Crippen molar-refractivity contribution in [3.63, 3.8) is 0 Å². The lowest BCUT2D eigenvalue weighted by Crippen LogP contribution is -2.00. The van der Waals surface area contributed by atoms with Crippen molar-refractivity contribution in [1.82, 2.24) is 0 Å². The summed E-state index contributed by atoms with van der Waals surface area (Å²) in [5.41, 5.74) is 0.266. The molecule has 0 saturated carbocycles. The molecule has 13 heavy (non-hydrogen) atoms. The third kappa shape index (κ3) is 2.42. The molecule has 0 unspecified atom stereocenters. The molecule has 0 radical (unpaired) electrons. The molecule has 0 heterocycles. The zero-order valence-electron chi connectivity index (χ0n) is 7.08. The van der Waals surface area contributed by atoms with Crippen molar-refractivity contribution >= 4 is 0 Å². The van der Waals surface area contributed by atoms with Crippen LogP contribution in [0.25, 0.3) is 0 Å². The monoisotopic (exact) mass is 181 g/mol. The van der Waals surface area contributed by atoms with Gasteiger partial charge < -0.3 is 9.47 Å². The highest BCUT2D eigenvalue weighted by Crippen LogP contribution is 2.17. The molecule has 0 saturated heterocycles. The Morgan fingerprint density at radius 3 is 2.85 bits per heavy atom. The molecular weight excluding hydrogens is 173 g/mol. The lowest BCUT2D eigenvalue weighted by Gasteiger charge is -2.04. The van der Waals surface area contributed by atoms with Crippen LogP contribution in [0.2, 0.25) is 0 Å². The smallest absolute Gasteiger partial charge is 0.188 e. The molecular formula is C9H8FNO2. The minimum absolute atomic E-state index is 0.0111. The van der Waals surface area contributed by atoms with Crippen LogP contribution in [0.4, 0.5) is 4.39 Å². The van der Waals surface area contributed by atoms with Gasteiger partial charge >= 0.3 is 0 Å². The number of methoxy groups -OCH3 is 1. The molecule has 68 valence electrons. The van der Waals surface area contributed by atoms with E-state index in [0.29, 0.717) is 0 Å². The van der Waals surface area contributed by atoms with E-state index in [-0.39, 0.29) is 18.1 Å². The van der Waals surface area contributed by atoms with E-state index in [1.807, 2.05) is 6.07 Å². The Labute approximate surface area is 75.3 Å². The van der Waals surface area contributed by atoms with Gasteiger partial charge in [-0.2, -0.15) is 5.26 Å². The number of benzene rings is 1. The number of halogens is 1. The fraction of sp³-hybridized carbons (Fsp3) is 0.222. The van der Waals surface area contributed by atoms with Gasteiger partial charge in [0.05, 0.1) is 11.6 Å². The van der Waals surface area contributed by atoms with Crippen molar-refractivity contribution in [3.05, 3.63) is 29.6 Å². The number of rotatable bonds is 3. The molecule has 0 aromatic heterocycles. The highest BCUT2D eigenvalue weighted by atomic mass is 19.1. The standard InChI is InChI=1S/C9H8FNO2/c1-12-6-13-9-3-2-7(5-11)4-8(9)10/h2-4H,6H2,1H3. The molecule has 0 aliphatic rings. The van der Waals surface area contributed by atoms with Gasteiger partial charge in [-0.05, 0) is 18.2 Å². The van der Waals surface area contributed by atoms with Crippen LogP contribution in [0.1, 0.15) is 5.56 Å². The predicted octanol–water partition coefficient (Wildman–Crippen LogP) is 1.68. The average molecular weight is 181 g/mol. The van der Waals surface area contributed by atoms with Gasteiger partial charge in [0.15, 0.2) is 18.4 Å². The van der Waals surface area contributed by atoms with E-state index in [9.17, 15) is 4.39 Å². The second kappa shape index (κ2) is 4.43. The van der Waals surface area contributed by atoms with Gasteiger partial charge in [0.25, 0.3) is 0 Å². The molecule has 0 fully saturated rings. The summed E-state index contributed by atoms with van der Waals surface area (Å²) in [6.45, 7) is -0.0111. The number of hydrogen-bond donors (Lipinski definition) is 0. The first-order valence-corrected chi connectivity index (χ1v) is 3.59. The number of hydrogen-bond acceptors (Lipinski definition) is 3. The SMILES string of the molecule is COCOc1ccc(C#N)cc1F. The third-order valence-electron chi connectivity index (χ3n) is 1.39. The summed E-state index contributed by atoms with van der Waals surface area (Å²) in [4.78, 5) is 0. The molecule has 0 amide bonds. The quantitative estimate of drug-likeness (QED) is 0.666. The van der Waals surface area contributed by atoms with E-state index in [4.69, 9.17) is 10.00 Å². The molecule has 0 bridgehead atoms. The van der Waals surface area contributed by atoms with E-state index in [0.717, 1.165) is 6.07 Å². The van der Waals surface area contributed by atoms with Crippen LogP contribution in [0.3, 0.4) is 0 Å². The van der Waals surface area contributed by atoms with E-state index >= 15 is 0 Å². The molecule has 3 nitrogen and oxygen atoms in total. The maximum atomic E-state index is 13.0. The summed E-state index contributed by atoms with van der Waals surface area (Å²) in [6.07, 6.45) is 0. The van der Waals surface area contributed by atoms with Crippen molar-refractivity contribution in [2.45, 2.75) is 0 Å². The Hall–Kier alpha value is -1.60. The topological polar surface area (TPSA) is 42.2 Å². The number of nitrogens with zero attached hydrogens (tertiary/aromatic N) is 1. The molecule has 1 aromatic rings. The second-order valence-electron chi connectivity index (χ2n) is 2.31. The van der Waals surface area contributed by atoms with Crippen LogP contribution in [0, 0.1) is 17.1 Å². The van der Waals surface area contributed by atoms with Gasteiger partial charge in [0.2, 0.25) is 0 Å². The van der Waals surface area contributed by atoms with E-state index < -0.39 is 5.82 Å². The summed E-state index contributed by atoms with van der Waals surface area (Å²) in [5.74, 6) is -0.475. The van der Waals surface area contributed by atoms with Gasteiger partial charge in [-0.3, -0.25) is 0 Å². The van der Waals surface area contributed by atoms with Crippen LogP contribution < -0.4 is 4.74 Å². The molecule has 0 aliphatic carbocycles. The normalized spacial score (nSPS) is 9.31. The van der Waals surface area contributed by atoms with E-state index in [2.05, 4.69) is 4.74 Å². The zero-order chi connectivity index (χ0) is 9.68. The van der Waals surface area contributed by atoms with Crippen LogP contribution in [0.15, 0.2) is 18.2 Å². The summed E-state index contributed by atoms with van der Waals surface area (Å²) in [7, 11) is 1.45. The Balaban J connectivity index is 2.81. The number of ether oxygens (including phenoxy) is 2.